The van der Waals surface area contributed by atoms with E-state index in [4.69, 9.17) is 28.8 Å². The Labute approximate surface area is 120 Å². The maximum absolute atomic E-state index is 6.32. The predicted molar refractivity (Wildman–Crippen MR) is 80.7 cm³/mol. The first-order valence-electron chi connectivity index (χ1n) is 5.97. The van der Waals surface area contributed by atoms with Crippen molar-refractivity contribution in [3.63, 3.8) is 0 Å². The van der Waals surface area contributed by atoms with Crippen LogP contribution >= 0.6 is 11.6 Å². The number of nitrogens with zero attached hydrogens (tertiary/aromatic N) is 3. The lowest BCUT2D eigenvalue weighted by Gasteiger charge is -2.32. The largest absolute Gasteiger partial charge is 0.368 e. The Bertz CT molecular complexity index is 673. The number of rotatable bonds is 1. The van der Waals surface area contributed by atoms with E-state index in [1.54, 1.807) is 12.2 Å². The molecule has 0 aromatic heterocycles. The molecule has 0 saturated carbocycles. The first kappa shape index (κ1) is 13.0. The van der Waals surface area contributed by atoms with E-state index in [1.807, 2.05) is 30.3 Å². The molecule has 6 nitrogen and oxygen atoms in total. The van der Waals surface area contributed by atoms with E-state index in [-0.39, 0.29) is 5.96 Å². The van der Waals surface area contributed by atoms with Gasteiger partial charge in [-0.05, 0) is 17.7 Å². The van der Waals surface area contributed by atoms with Crippen LogP contribution < -0.4 is 17.2 Å². The number of hydrogen-bond acceptors (Lipinski definition) is 6. The predicted octanol–water partition coefficient (Wildman–Crippen LogP) is 0.430. The Balaban J connectivity index is 2.12. The minimum Gasteiger partial charge on any atom is -0.368 e. The Hall–Kier alpha value is -2.02. The smallest absolute Gasteiger partial charge is 0.232 e. The summed E-state index contributed by atoms with van der Waals surface area (Å²) in [5.74, 6) is 0.0188. The molecule has 0 saturated heterocycles. The van der Waals surface area contributed by atoms with Crippen LogP contribution in [0, 0.1) is 0 Å². The highest BCUT2D eigenvalue weighted by Gasteiger charge is 2.40. The zero-order valence-electron chi connectivity index (χ0n) is 10.5. The number of alkyl halides is 1. The quantitative estimate of drug-likeness (QED) is 0.514. The molecule has 0 fully saturated rings. The van der Waals surface area contributed by atoms with Crippen molar-refractivity contribution in [2.24, 2.45) is 32.2 Å². The monoisotopic (exact) mass is 288 g/mol. The van der Waals surface area contributed by atoms with Gasteiger partial charge in [0.25, 0.3) is 0 Å². The molecule has 3 rings (SSSR count). The van der Waals surface area contributed by atoms with Crippen LogP contribution in [0.15, 0.2) is 57.5 Å². The fourth-order valence-corrected chi connectivity index (χ4v) is 2.37. The third-order valence-electron chi connectivity index (χ3n) is 3.12. The van der Waals surface area contributed by atoms with Crippen LogP contribution in [0.2, 0.25) is 0 Å². The molecule has 2 aliphatic heterocycles. The molecule has 0 bridgehead atoms. The van der Waals surface area contributed by atoms with E-state index in [0.29, 0.717) is 11.4 Å². The Morgan fingerprint density at radius 3 is 2.45 bits per heavy atom. The van der Waals surface area contributed by atoms with E-state index in [1.165, 1.54) is 0 Å². The van der Waals surface area contributed by atoms with Crippen molar-refractivity contribution in [2.75, 3.05) is 0 Å². The van der Waals surface area contributed by atoms with Gasteiger partial charge < -0.3 is 11.5 Å². The number of dihydropyridines is 1. The zero-order chi connectivity index (χ0) is 14.4. The molecule has 0 aliphatic carbocycles. The van der Waals surface area contributed by atoms with Crippen molar-refractivity contribution in [1.82, 2.24) is 0 Å². The SMILES string of the molecule is NC1=NC(N)(Cl)C2=NC(N)(c3ccccc3)C=CC2=N1. The third-order valence-corrected chi connectivity index (χ3v) is 3.38. The molecule has 2 atom stereocenters. The molecular weight excluding hydrogens is 276 g/mol. The van der Waals surface area contributed by atoms with Crippen molar-refractivity contribution >= 4 is 29.0 Å². The number of halogens is 1. The molecular formula is C13H13ClN6. The van der Waals surface area contributed by atoms with Gasteiger partial charge in [0.05, 0.1) is 5.71 Å². The lowest BCUT2D eigenvalue weighted by Crippen LogP contribution is -2.52. The second-order valence-electron chi connectivity index (χ2n) is 4.63. The Kier molecular flexibility index (Phi) is 2.75. The molecule has 6 N–H and O–H groups in total. The van der Waals surface area contributed by atoms with Crippen LogP contribution in [0.25, 0.3) is 0 Å². The maximum atomic E-state index is 6.32. The Morgan fingerprint density at radius 2 is 1.75 bits per heavy atom. The number of guanidine groups is 1. The fourth-order valence-electron chi connectivity index (χ4n) is 2.15. The molecule has 2 aliphatic rings. The van der Waals surface area contributed by atoms with Gasteiger partial charge in [-0.25, -0.2) is 9.98 Å². The summed E-state index contributed by atoms with van der Waals surface area (Å²) in [5.41, 5.74) is 18.4. The molecule has 0 radical (unpaired) electrons. The first-order chi connectivity index (χ1) is 9.41. The van der Waals surface area contributed by atoms with E-state index >= 15 is 0 Å². The summed E-state index contributed by atoms with van der Waals surface area (Å²) < 4.78 is 0. The molecule has 7 heteroatoms. The number of fused-ring (bicyclic) bond motifs is 1. The zero-order valence-corrected chi connectivity index (χ0v) is 11.2. The van der Waals surface area contributed by atoms with Crippen molar-refractivity contribution in [2.45, 2.75) is 10.8 Å². The Morgan fingerprint density at radius 1 is 1.05 bits per heavy atom. The topological polar surface area (TPSA) is 115 Å². The average Bonchev–Trinajstić information content (AvgIpc) is 2.40. The van der Waals surface area contributed by atoms with Gasteiger partial charge in [0.2, 0.25) is 11.1 Å². The van der Waals surface area contributed by atoms with Crippen LogP contribution in [0.4, 0.5) is 0 Å². The van der Waals surface area contributed by atoms with Crippen LogP contribution in [-0.2, 0) is 5.66 Å². The summed E-state index contributed by atoms with van der Waals surface area (Å²) in [5, 5.41) is -1.55. The average molecular weight is 289 g/mol. The summed E-state index contributed by atoms with van der Waals surface area (Å²) in [6.45, 7) is 0. The highest BCUT2D eigenvalue weighted by Crippen LogP contribution is 2.29. The van der Waals surface area contributed by atoms with Gasteiger partial charge in [-0.3, -0.25) is 10.7 Å². The highest BCUT2D eigenvalue weighted by atomic mass is 35.5. The van der Waals surface area contributed by atoms with Crippen molar-refractivity contribution in [1.29, 1.82) is 0 Å². The summed E-state index contributed by atoms with van der Waals surface area (Å²) in [6, 6.07) is 9.43. The number of hydrogen-bond donors (Lipinski definition) is 3. The van der Waals surface area contributed by atoms with Gasteiger partial charge in [-0.2, -0.15) is 0 Å². The van der Waals surface area contributed by atoms with Gasteiger partial charge in [0, 0.05) is 0 Å². The highest BCUT2D eigenvalue weighted by molar-refractivity contribution is 6.60. The van der Waals surface area contributed by atoms with Gasteiger partial charge in [0.15, 0.2) is 5.66 Å². The lowest BCUT2D eigenvalue weighted by atomic mass is 9.95. The van der Waals surface area contributed by atoms with Crippen LogP contribution in [0.5, 0.6) is 0 Å². The van der Waals surface area contributed by atoms with E-state index < -0.39 is 10.8 Å². The minimum atomic E-state index is -1.55. The minimum absolute atomic E-state index is 0.0188. The fraction of sp³-hybridized carbons (Fsp3) is 0.154. The lowest BCUT2D eigenvalue weighted by molar-refractivity contribution is 0.587. The second-order valence-corrected chi connectivity index (χ2v) is 5.20. The summed E-state index contributed by atoms with van der Waals surface area (Å²) in [7, 11) is 0. The van der Waals surface area contributed by atoms with E-state index in [0.717, 1.165) is 5.56 Å². The molecule has 1 aromatic rings. The van der Waals surface area contributed by atoms with Gasteiger partial charge in [-0.1, -0.05) is 41.9 Å². The van der Waals surface area contributed by atoms with Crippen molar-refractivity contribution in [3.8, 4) is 0 Å². The normalized spacial score (nSPS) is 32.0. The molecule has 2 unspecified atom stereocenters. The summed E-state index contributed by atoms with van der Waals surface area (Å²) in [4.78, 5) is 12.4. The standard InChI is InChI=1S/C13H13ClN6/c14-13(17)10-9(18-11(15)20-13)6-7-12(16,19-10)8-4-2-1-3-5-8/h1-7H,16-17H2,(H2,15,20). The van der Waals surface area contributed by atoms with Gasteiger partial charge in [-0.15, -0.1) is 0 Å². The number of benzene rings is 1. The van der Waals surface area contributed by atoms with Crippen LogP contribution in [0.1, 0.15) is 5.56 Å². The molecule has 2 heterocycles. The van der Waals surface area contributed by atoms with E-state index in [9.17, 15) is 0 Å². The van der Waals surface area contributed by atoms with Crippen molar-refractivity contribution in [3.05, 3.63) is 48.0 Å². The molecule has 0 amide bonds. The van der Waals surface area contributed by atoms with Crippen molar-refractivity contribution < 1.29 is 0 Å². The molecule has 20 heavy (non-hydrogen) atoms. The summed E-state index contributed by atoms with van der Waals surface area (Å²) >= 11 is 6.16. The molecule has 102 valence electrons. The molecule has 0 spiro atoms. The van der Waals surface area contributed by atoms with Crippen LogP contribution in [0.3, 0.4) is 0 Å². The third kappa shape index (κ3) is 2.03. The van der Waals surface area contributed by atoms with E-state index in [2.05, 4.69) is 15.0 Å². The maximum Gasteiger partial charge on any atom is 0.232 e. The van der Waals surface area contributed by atoms with Gasteiger partial charge >= 0.3 is 0 Å². The van der Waals surface area contributed by atoms with Gasteiger partial charge in [0.1, 0.15) is 5.71 Å². The number of allylic oxidation sites excluding steroid dienone is 1. The number of aliphatic imine (C=N–C) groups is 3. The number of nitrogens with two attached hydrogens (primary N) is 3. The first-order valence-corrected chi connectivity index (χ1v) is 6.35. The molecule has 1 aromatic carbocycles. The second kappa shape index (κ2) is 4.24. The summed E-state index contributed by atoms with van der Waals surface area (Å²) in [6.07, 6.45) is 3.44. The van der Waals surface area contributed by atoms with Crippen LogP contribution in [-0.4, -0.2) is 22.5 Å².